The lowest BCUT2D eigenvalue weighted by atomic mass is 10.2. The molecule has 2 aromatic rings. The van der Waals surface area contributed by atoms with Crippen molar-refractivity contribution in [3.8, 4) is 17.6 Å². The number of carbonyl (C=O) groups excluding carboxylic acids is 1. The normalized spacial score (nSPS) is 16.0. The van der Waals surface area contributed by atoms with Crippen molar-refractivity contribution in [3.05, 3.63) is 57.5 Å². The van der Waals surface area contributed by atoms with Crippen LogP contribution in [-0.4, -0.2) is 24.3 Å². The van der Waals surface area contributed by atoms with E-state index >= 15 is 0 Å². The molecule has 8 heteroatoms. The maximum atomic E-state index is 12.4. The summed E-state index contributed by atoms with van der Waals surface area (Å²) in [5.74, 6) is 0.776. The maximum Gasteiger partial charge on any atom is 0.264 e. The fourth-order valence-corrected chi connectivity index (χ4v) is 3.57. The topological polar surface area (TPSA) is 83.7 Å². The van der Waals surface area contributed by atoms with Crippen LogP contribution in [0.4, 0.5) is 5.69 Å². The van der Waals surface area contributed by atoms with Gasteiger partial charge in [-0.25, -0.2) is 4.99 Å². The van der Waals surface area contributed by atoms with Gasteiger partial charge in [0, 0.05) is 5.02 Å². The minimum absolute atomic E-state index is 0.0679. The van der Waals surface area contributed by atoms with Gasteiger partial charge in [-0.3, -0.25) is 4.79 Å². The van der Waals surface area contributed by atoms with E-state index in [0.717, 1.165) is 11.1 Å². The summed E-state index contributed by atoms with van der Waals surface area (Å²) in [6.07, 6.45) is 1.75. The first-order chi connectivity index (χ1) is 14.0. The molecule has 6 nitrogen and oxygen atoms in total. The Balaban J connectivity index is 1.84. The average molecular weight is 428 g/mol. The third-order valence-corrected chi connectivity index (χ3v) is 5.29. The van der Waals surface area contributed by atoms with Crippen LogP contribution >= 0.6 is 23.4 Å². The molecule has 1 aliphatic rings. The molecule has 3 rings (SSSR count). The van der Waals surface area contributed by atoms with Crippen molar-refractivity contribution in [1.82, 2.24) is 5.32 Å². The number of nitrogens with zero attached hydrogens (tertiary/aromatic N) is 2. The van der Waals surface area contributed by atoms with Gasteiger partial charge in [-0.15, -0.1) is 0 Å². The number of rotatable bonds is 6. The summed E-state index contributed by atoms with van der Waals surface area (Å²) in [5, 5.41) is 12.6. The Labute approximate surface area is 178 Å². The standard InChI is InChI=1S/C21H18ClN3O3S/c1-3-27-18-11-14(7-8-17(18)28-10-9-23)12-19-20(26)25-21(29-19)24-16-6-4-5-15(22)13(16)2/h4-8,11-12H,3,10H2,1-2H3,(H,24,25,26)/b19-12-. The van der Waals surface area contributed by atoms with Crippen LogP contribution in [0, 0.1) is 18.3 Å². The molecule has 0 spiro atoms. The molecule has 148 valence electrons. The van der Waals surface area contributed by atoms with Gasteiger partial charge < -0.3 is 14.8 Å². The summed E-state index contributed by atoms with van der Waals surface area (Å²) in [6, 6.07) is 12.7. The fourth-order valence-electron chi connectivity index (χ4n) is 2.57. The zero-order chi connectivity index (χ0) is 20.8. The number of amides is 1. The Bertz CT molecular complexity index is 1040. The Kier molecular flexibility index (Phi) is 6.81. The van der Waals surface area contributed by atoms with Crippen molar-refractivity contribution in [2.75, 3.05) is 13.2 Å². The first-order valence-electron chi connectivity index (χ1n) is 8.83. The second-order valence-corrected chi connectivity index (χ2v) is 7.39. The molecule has 1 N–H and O–H groups in total. The Morgan fingerprint density at radius 2 is 2.10 bits per heavy atom. The zero-order valence-corrected chi connectivity index (χ0v) is 17.4. The summed E-state index contributed by atoms with van der Waals surface area (Å²) in [7, 11) is 0. The number of thioether (sulfide) groups is 1. The molecule has 1 fully saturated rings. The van der Waals surface area contributed by atoms with E-state index in [1.54, 1.807) is 30.3 Å². The predicted molar refractivity (Wildman–Crippen MR) is 116 cm³/mol. The molecule has 0 atom stereocenters. The van der Waals surface area contributed by atoms with Gasteiger partial charge >= 0.3 is 0 Å². The molecule has 1 saturated heterocycles. The summed E-state index contributed by atoms with van der Waals surface area (Å²) >= 11 is 7.39. The number of benzene rings is 2. The van der Waals surface area contributed by atoms with Gasteiger partial charge in [-0.2, -0.15) is 5.26 Å². The number of nitrogens with one attached hydrogen (secondary N) is 1. The Hall–Kier alpha value is -2.95. The SMILES string of the molecule is CCOc1cc(/C=C2\SC(=Nc3cccc(Cl)c3C)NC2=O)ccc1OCC#N. The van der Waals surface area contributed by atoms with E-state index in [0.29, 0.717) is 38.9 Å². The zero-order valence-electron chi connectivity index (χ0n) is 15.9. The molecule has 0 radical (unpaired) electrons. The van der Waals surface area contributed by atoms with Gasteiger partial charge in [-0.05, 0) is 67.1 Å². The van der Waals surface area contributed by atoms with Gasteiger partial charge in [0.15, 0.2) is 23.3 Å². The summed E-state index contributed by atoms with van der Waals surface area (Å²) in [6.45, 7) is 4.13. The van der Waals surface area contributed by atoms with Gasteiger partial charge in [-0.1, -0.05) is 23.7 Å². The molecule has 1 amide bonds. The lowest BCUT2D eigenvalue weighted by Crippen LogP contribution is -2.19. The minimum Gasteiger partial charge on any atom is -0.490 e. The van der Waals surface area contributed by atoms with E-state index in [-0.39, 0.29) is 12.5 Å². The van der Waals surface area contributed by atoms with Crippen molar-refractivity contribution in [1.29, 1.82) is 5.26 Å². The molecule has 0 aromatic heterocycles. The summed E-state index contributed by atoms with van der Waals surface area (Å²) in [5.41, 5.74) is 2.33. The number of nitriles is 1. The first kappa shape index (κ1) is 20.8. The van der Waals surface area contributed by atoms with E-state index < -0.39 is 0 Å². The molecule has 0 aliphatic carbocycles. The maximum absolute atomic E-state index is 12.4. The fraction of sp³-hybridized carbons (Fsp3) is 0.190. The van der Waals surface area contributed by atoms with E-state index in [9.17, 15) is 4.79 Å². The molecule has 0 bridgehead atoms. The van der Waals surface area contributed by atoms with Crippen LogP contribution in [-0.2, 0) is 4.79 Å². The van der Waals surface area contributed by atoms with E-state index in [2.05, 4.69) is 10.3 Å². The largest absolute Gasteiger partial charge is 0.490 e. The van der Waals surface area contributed by atoms with Crippen LogP contribution in [0.15, 0.2) is 46.3 Å². The number of aliphatic imine (C=N–C) groups is 1. The quantitative estimate of drug-likeness (QED) is 0.667. The number of hydrogen-bond acceptors (Lipinski definition) is 6. The molecule has 29 heavy (non-hydrogen) atoms. The van der Waals surface area contributed by atoms with Gasteiger partial charge in [0.25, 0.3) is 5.91 Å². The van der Waals surface area contributed by atoms with Gasteiger partial charge in [0.2, 0.25) is 0 Å². The number of amidine groups is 1. The summed E-state index contributed by atoms with van der Waals surface area (Å²) < 4.78 is 11.0. The highest BCUT2D eigenvalue weighted by molar-refractivity contribution is 8.18. The highest BCUT2D eigenvalue weighted by Crippen LogP contribution is 2.33. The van der Waals surface area contributed by atoms with Crippen molar-refractivity contribution in [2.45, 2.75) is 13.8 Å². The van der Waals surface area contributed by atoms with Crippen LogP contribution in [0.1, 0.15) is 18.1 Å². The number of carbonyl (C=O) groups is 1. The van der Waals surface area contributed by atoms with E-state index in [1.165, 1.54) is 11.8 Å². The third-order valence-electron chi connectivity index (χ3n) is 3.97. The first-order valence-corrected chi connectivity index (χ1v) is 10.0. The highest BCUT2D eigenvalue weighted by Gasteiger charge is 2.24. The number of halogens is 1. The van der Waals surface area contributed by atoms with Crippen molar-refractivity contribution in [3.63, 3.8) is 0 Å². The average Bonchev–Trinajstić information content (AvgIpc) is 3.04. The number of hydrogen-bond donors (Lipinski definition) is 1. The van der Waals surface area contributed by atoms with E-state index in [1.807, 2.05) is 32.0 Å². The third kappa shape index (κ3) is 5.11. The minimum atomic E-state index is -0.226. The van der Waals surface area contributed by atoms with Crippen LogP contribution in [0.25, 0.3) is 6.08 Å². The van der Waals surface area contributed by atoms with Crippen molar-refractivity contribution >= 4 is 46.2 Å². The van der Waals surface area contributed by atoms with Crippen LogP contribution < -0.4 is 14.8 Å². The predicted octanol–water partition coefficient (Wildman–Crippen LogP) is 4.84. The molecule has 0 saturated carbocycles. The number of ether oxygens (including phenoxy) is 2. The van der Waals surface area contributed by atoms with E-state index in [4.69, 9.17) is 26.3 Å². The molecule has 0 unspecified atom stereocenters. The molecular formula is C21H18ClN3O3S. The van der Waals surface area contributed by atoms with Crippen LogP contribution in [0.3, 0.4) is 0 Å². The summed E-state index contributed by atoms with van der Waals surface area (Å²) in [4.78, 5) is 17.4. The molecule has 2 aromatic carbocycles. The van der Waals surface area contributed by atoms with Crippen LogP contribution in [0.2, 0.25) is 5.02 Å². The van der Waals surface area contributed by atoms with Crippen molar-refractivity contribution in [2.24, 2.45) is 4.99 Å². The Morgan fingerprint density at radius 1 is 1.28 bits per heavy atom. The monoisotopic (exact) mass is 427 g/mol. The molecule has 1 heterocycles. The van der Waals surface area contributed by atoms with Crippen LogP contribution in [0.5, 0.6) is 11.5 Å². The van der Waals surface area contributed by atoms with Crippen molar-refractivity contribution < 1.29 is 14.3 Å². The molecule has 1 aliphatic heterocycles. The second kappa shape index (κ2) is 9.50. The lowest BCUT2D eigenvalue weighted by molar-refractivity contribution is -0.115. The van der Waals surface area contributed by atoms with Gasteiger partial charge in [0.1, 0.15) is 6.07 Å². The smallest absolute Gasteiger partial charge is 0.264 e. The Morgan fingerprint density at radius 3 is 2.86 bits per heavy atom. The second-order valence-electron chi connectivity index (χ2n) is 5.95. The lowest BCUT2D eigenvalue weighted by Gasteiger charge is -2.10. The molecular weight excluding hydrogens is 410 g/mol. The van der Waals surface area contributed by atoms with Gasteiger partial charge in [0.05, 0.1) is 17.2 Å². The highest BCUT2D eigenvalue weighted by atomic mass is 35.5.